The van der Waals surface area contributed by atoms with Crippen molar-refractivity contribution in [3.63, 3.8) is 0 Å². The summed E-state index contributed by atoms with van der Waals surface area (Å²) in [5.41, 5.74) is 2.74. The molecule has 2 nitrogen and oxygen atoms in total. The maximum absolute atomic E-state index is 4.06. The number of thioether (sulfide) groups is 2. The summed E-state index contributed by atoms with van der Waals surface area (Å²) >= 11 is 4.08. The lowest BCUT2D eigenvalue weighted by Crippen LogP contribution is -2.12. The van der Waals surface area contributed by atoms with Gasteiger partial charge in [-0.2, -0.15) is 0 Å². The Labute approximate surface area is 136 Å². The Morgan fingerprint density at radius 2 is 1.14 bits per heavy atom. The topological polar surface area (TPSA) is 25.8 Å². The van der Waals surface area contributed by atoms with Crippen molar-refractivity contribution in [3.8, 4) is 0 Å². The highest BCUT2D eigenvalue weighted by Crippen LogP contribution is 2.36. The second-order valence-electron chi connectivity index (χ2n) is 5.31. The summed E-state index contributed by atoms with van der Waals surface area (Å²) in [6.07, 6.45) is 9.70. The van der Waals surface area contributed by atoms with Crippen LogP contribution in [0.4, 0.5) is 0 Å². The van der Waals surface area contributed by atoms with Gasteiger partial charge in [0.25, 0.3) is 0 Å². The maximum Gasteiger partial charge on any atom is 0.0555 e. The molecule has 0 atom stereocenters. The summed E-state index contributed by atoms with van der Waals surface area (Å²) in [5.74, 6) is 2.30. The molecule has 0 saturated heterocycles. The minimum atomic E-state index is 0.264. The molecule has 2 heterocycles. The Bertz CT molecular complexity index is 467. The van der Waals surface area contributed by atoms with Gasteiger partial charge in [-0.1, -0.05) is 0 Å². The predicted molar refractivity (Wildman–Crippen MR) is 94.9 cm³/mol. The first kappa shape index (κ1) is 16.4. The molecule has 112 valence electrons. The first-order chi connectivity index (χ1) is 10.2. The van der Waals surface area contributed by atoms with Crippen molar-refractivity contribution in [1.29, 1.82) is 0 Å². The molecule has 0 aromatic carbocycles. The van der Waals surface area contributed by atoms with Gasteiger partial charge in [-0.15, -0.1) is 23.5 Å². The molecule has 0 saturated carbocycles. The first-order valence-corrected chi connectivity index (χ1v) is 9.18. The van der Waals surface area contributed by atoms with Gasteiger partial charge in [-0.25, -0.2) is 0 Å². The molecule has 0 fully saturated rings. The van der Waals surface area contributed by atoms with Gasteiger partial charge in [0.05, 0.1) is 4.08 Å². The van der Waals surface area contributed by atoms with E-state index in [4.69, 9.17) is 0 Å². The molecule has 0 unspecified atom stereocenters. The molecule has 0 aliphatic heterocycles. The van der Waals surface area contributed by atoms with Crippen molar-refractivity contribution < 1.29 is 0 Å². The van der Waals surface area contributed by atoms with Crippen LogP contribution in [0.5, 0.6) is 0 Å². The predicted octanol–water partition coefficient (Wildman–Crippen LogP) is 4.46. The fourth-order valence-electron chi connectivity index (χ4n) is 1.97. The lowest BCUT2D eigenvalue weighted by Gasteiger charge is -2.23. The van der Waals surface area contributed by atoms with Crippen molar-refractivity contribution in [1.82, 2.24) is 9.97 Å². The highest BCUT2D eigenvalue weighted by Gasteiger charge is 2.18. The molecule has 0 radical (unpaired) electrons. The Balaban J connectivity index is 1.67. The summed E-state index contributed by atoms with van der Waals surface area (Å²) in [7, 11) is 0. The van der Waals surface area contributed by atoms with Crippen LogP contribution in [-0.2, 0) is 12.8 Å². The Morgan fingerprint density at radius 1 is 0.762 bits per heavy atom. The third-order valence-corrected chi connectivity index (χ3v) is 6.09. The summed E-state index contributed by atoms with van der Waals surface area (Å²) in [6.45, 7) is 4.64. The SMILES string of the molecule is CC(C)(SCCc1ccncc1)SCCc1ccncc1. The number of hydrogen-bond acceptors (Lipinski definition) is 4. The Hall–Kier alpha value is -1.00. The quantitative estimate of drug-likeness (QED) is 0.671. The second kappa shape index (κ2) is 8.44. The standard InChI is InChI=1S/C17H22N2S2/c1-17(2,20-13-7-15-3-9-18-10-4-15)21-14-8-16-5-11-19-12-6-16/h3-6,9-12H,7-8,13-14H2,1-2H3. The van der Waals surface area contributed by atoms with E-state index in [-0.39, 0.29) is 4.08 Å². The number of hydrogen-bond donors (Lipinski definition) is 0. The highest BCUT2D eigenvalue weighted by molar-refractivity contribution is 8.18. The zero-order valence-corrected chi connectivity index (χ0v) is 14.3. The van der Waals surface area contributed by atoms with Crippen LogP contribution in [0.2, 0.25) is 0 Å². The van der Waals surface area contributed by atoms with Crippen LogP contribution in [-0.4, -0.2) is 25.6 Å². The van der Waals surface area contributed by atoms with Crippen molar-refractivity contribution in [3.05, 3.63) is 60.2 Å². The monoisotopic (exact) mass is 318 g/mol. The molecule has 0 amide bonds. The van der Waals surface area contributed by atoms with Crippen molar-refractivity contribution in [2.75, 3.05) is 11.5 Å². The van der Waals surface area contributed by atoms with Crippen LogP contribution in [0.1, 0.15) is 25.0 Å². The summed E-state index contributed by atoms with van der Waals surface area (Å²) in [6, 6.07) is 8.41. The fraction of sp³-hybridized carbons (Fsp3) is 0.412. The molecule has 0 spiro atoms. The number of pyridine rings is 2. The first-order valence-electron chi connectivity index (χ1n) is 7.21. The average molecular weight is 319 g/mol. The van der Waals surface area contributed by atoms with Crippen LogP contribution in [0, 0.1) is 0 Å². The molecule has 0 aliphatic rings. The van der Waals surface area contributed by atoms with E-state index in [0.29, 0.717) is 0 Å². The molecular formula is C17H22N2S2. The number of nitrogens with zero attached hydrogens (tertiary/aromatic N) is 2. The van der Waals surface area contributed by atoms with Crippen molar-refractivity contribution in [2.24, 2.45) is 0 Å². The van der Waals surface area contributed by atoms with E-state index < -0.39 is 0 Å². The summed E-state index contributed by atoms with van der Waals surface area (Å²) in [4.78, 5) is 8.11. The number of aromatic nitrogens is 2. The zero-order chi connectivity index (χ0) is 15.0. The van der Waals surface area contributed by atoms with Crippen LogP contribution >= 0.6 is 23.5 Å². The number of rotatable bonds is 8. The smallest absolute Gasteiger partial charge is 0.0555 e. The molecule has 2 aromatic heterocycles. The van der Waals surface area contributed by atoms with E-state index in [9.17, 15) is 0 Å². The van der Waals surface area contributed by atoms with E-state index in [0.717, 1.165) is 24.3 Å². The van der Waals surface area contributed by atoms with Gasteiger partial charge in [0.15, 0.2) is 0 Å². The van der Waals surface area contributed by atoms with Gasteiger partial charge in [0, 0.05) is 24.8 Å². The highest BCUT2D eigenvalue weighted by atomic mass is 32.2. The minimum absolute atomic E-state index is 0.264. The third-order valence-electron chi connectivity index (χ3n) is 3.18. The Kier molecular flexibility index (Phi) is 6.58. The van der Waals surface area contributed by atoms with Gasteiger partial charge < -0.3 is 0 Å². The van der Waals surface area contributed by atoms with Gasteiger partial charge >= 0.3 is 0 Å². The third kappa shape index (κ3) is 6.53. The second-order valence-corrected chi connectivity index (χ2v) is 9.00. The van der Waals surface area contributed by atoms with E-state index in [2.05, 4.69) is 48.1 Å². The molecule has 0 aliphatic carbocycles. The van der Waals surface area contributed by atoms with Gasteiger partial charge in [-0.05, 0) is 73.6 Å². The van der Waals surface area contributed by atoms with Gasteiger partial charge in [0.2, 0.25) is 0 Å². The Morgan fingerprint density at radius 3 is 1.52 bits per heavy atom. The molecular weight excluding hydrogens is 296 g/mol. The molecule has 21 heavy (non-hydrogen) atoms. The molecule has 0 bridgehead atoms. The molecule has 2 rings (SSSR count). The summed E-state index contributed by atoms with van der Waals surface area (Å²) < 4.78 is 0.264. The van der Waals surface area contributed by atoms with Crippen molar-refractivity contribution in [2.45, 2.75) is 30.8 Å². The lowest BCUT2D eigenvalue weighted by atomic mass is 10.2. The largest absolute Gasteiger partial charge is 0.265 e. The molecule has 0 N–H and O–H groups in total. The van der Waals surface area contributed by atoms with E-state index in [1.165, 1.54) is 11.1 Å². The normalized spacial score (nSPS) is 11.5. The average Bonchev–Trinajstić information content (AvgIpc) is 2.49. The lowest BCUT2D eigenvalue weighted by molar-refractivity contribution is 1.00. The van der Waals surface area contributed by atoms with E-state index in [1.807, 2.05) is 48.3 Å². The maximum atomic E-state index is 4.06. The van der Waals surface area contributed by atoms with Crippen LogP contribution in [0.3, 0.4) is 0 Å². The van der Waals surface area contributed by atoms with Crippen LogP contribution in [0.15, 0.2) is 49.1 Å². The van der Waals surface area contributed by atoms with E-state index >= 15 is 0 Å². The fourth-order valence-corrected chi connectivity index (χ4v) is 4.46. The van der Waals surface area contributed by atoms with Crippen LogP contribution < -0.4 is 0 Å². The van der Waals surface area contributed by atoms with Gasteiger partial charge in [0.1, 0.15) is 0 Å². The van der Waals surface area contributed by atoms with Gasteiger partial charge in [-0.3, -0.25) is 9.97 Å². The molecule has 4 heteroatoms. The molecule has 2 aromatic rings. The minimum Gasteiger partial charge on any atom is -0.265 e. The number of aryl methyl sites for hydroxylation is 2. The van der Waals surface area contributed by atoms with Crippen molar-refractivity contribution >= 4 is 23.5 Å². The summed E-state index contributed by atoms with van der Waals surface area (Å²) in [5, 5.41) is 0. The van der Waals surface area contributed by atoms with Crippen LogP contribution in [0.25, 0.3) is 0 Å². The zero-order valence-electron chi connectivity index (χ0n) is 12.7. The van der Waals surface area contributed by atoms with E-state index in [1.54, 1.807) is 0 Å².